The molecule has 0 atom stereocenters. The maximum absolute atomic E-state index is 9.48. The fourth-order valence-electron chi connectivity index (χ4n) is 2.18. The summed E-state index contributed by atoms with van der Waals surface area (Å²) in [5, 5.41) is 9.97. The van der Waals surface area contributed by atoms with Crippen LogP contribution in [0.3, 0.4) is 0 Å². The Morgan fingerprint density at radius 3 is 2.24 bits per heavy atom. The molecule has 0 amide bonds. The van der Waals surface area contributed by atoms with Crippen molar-refractivity contribution < 1.29 is 14.6 Å². The molecule has 6 heteroatoms. The molecular weight excluding hydrogens is 427 g/mol. The number of benzene rings is 3. The van der Waals surface area contributed by atoms with Crippen LogP contribution in [-0.2, 0) is 6.61 Å². The van der Waals surface area contributed by atoms with E-state index in [0.717, 1.165) is 15.8 Å². The normalized spacial score (nSPS) is 10.5. The minimum Gasteiger partial charge on any atom is -0.508 e. The Labute approximate surface area is 163 Å². The Morgan fingerprint density at radius 1 is 0.880 bits per heavy atom. The zero-order valence-corrected chi connectivity index (χ0v) is 16.0. The van der Waals surface area contributed by atoms with Crippen LogP contribution in [0.4, 0.5) is 0 Å². The van der Waals surface area contributed by atoms with Crippen LogP contribution in [0.25, 0.3) is 0 Å². The largest absolute Gasteiger partial charge is 0.508 e. The van der Waals surface area contributed by atoms with Gasteiger partial charge < -0.3 is 14.6 Å². The van der Waals surface area contributed by atoms with Crippen LogP contribution >= 0.6 is 39.1 Å². The van der Waals surface area contributed by atoms with Crippen molar-refractivity contribution in [2.24, 2.45) is 0 Å². The highest BCUT2D eigenvalue weighted by molar-refractivity contribution is 9.10. The molecule has 0 aromatic heterocycles. The van der Waals surface area contributed by atoms with Gasteiger partial charge in [0.2, 0.25) is 0 Å². The standard InChI is InChI=1S/C19H13BrCl2O3/c20-16-7-6-15(25-14-4-2-1-3-5-14)8-12(16)11-24-19-17(21)9-13(23)10-18(19)22/h1-10,23H,11H2. The van der Waals surface area contributed by atoms with E-state index in [1.165, 1.54) is 12.1 Å². The molecule has 128 valence electrons. The predicted molar refractivity (Wildman–Crippen MR) is 103 cm³/mol. The first-order valence-corrected chi connectivity index (χ1v) is 8.90. The van der Waals surface area contributed by atoms with Gasteiger partial charge in [0.25, 0.3) is 0 Å². The molecule has 0 unspecified atom stereocenters. The smallest absolute Gasteiger partial charge is 0.157 e. The molecule has 0 saturated heterocycles. The first-order valence-electron chi connectivity index (χ1n) is 7.35. The molecule has 0 aliphatic rings. The van der Waals surface area contributed by atoms with Crippen LogP contribution in [0, 0.1) is 0 Å². The zero-order chi connectivity index (χ0) is 17.8. The summed E-state index contributed by atoms with van der Waals surface area (Å²) in [6, 6.07) is 17.9. The topological polar surface area (TPSA) is 38.7 Å². The van der Waals surface area contributed by atoms with Crippen LogP contribution in [0.5, 0.6) is 23.0 Å². The van der Waals surface area contributed by atoms with Crippen molar-refractivity contribution in [2.75, 3.05) is 0 Å². The van der Waals surface area contributed by atoms with Gasteiger partial charge >= 0.3 is 0 Å². The first-order chi connectivity index (χ1) is 12.0. The molecule has 3 aromatic carbocycles. The third-order valence-electron chi connectivity index (χ3n) is 3.35. The summed E-state index contributed by atoms with van der Waals surface area (Å²) in [5.41, 5.74) is 0.869. The van der Waals surface area contributed by atoms with E-state index < -0.39 is 0 Å². The molecule has 0 spiro atoms. The minimum absolute atomic E-state index is 0.0122. The average molecular weight is 440 g/mol. The number of phenols is 1. The van der Waals surface area contributed by atoms with Crippen molar-refractivity contribution in [1.82, 2.24) is 0 Å². The molecule has 0 fully saturated rings. The Balaban J connectivity index is 1.78. The predicted octanol–water partition coefficient (Wildman–Crippen LogP) is 6.83. The fraction of sp³-hybridized carbons (Fsp3) is 0.0526. The molecule has 0 bridgehead atoms. The van der Waals surface area contributed by atoms with Crippen molar-refractivity contribution in [3.63, 3.8) is 0 Å². The van der Waals surface area contributed by atoms with Crippen molar-refractivity contribution >= 4 is 39.1 Å². The molecule has 3 rings (SSSR count). The summed E-state index contributed by atoms with van der Waals surface area (Å²) < 4.78 is 12.4. The summed E-state index contributed by atoms with van der Waals surface area (Å²) in [6.45, 7) is 0.233. The number of aromatic hydroxyl groups is 1. The van der Waals surface area contributed by atoms with Crippen molar-refractivity contribution in [3.05, 3.63) is 80.7 Å². The number of rotatable bonds is 5. The molecule has 3 aromatic rings. The molecule has 0 saturated carbocycles. The second kappa shape index (κ2) is 8.00. The number of halogens is 3. The van der Waals surface area contributed by atoms with Crippen molar-refractivity contribution in [3.8, 4) is 23.0 Å². The Bertz CT molecular complexity index is 862. The van der Waals surface area contributed by atoms with Crippen LogP contribution in [-0.4, -0.2) is 5.11 Å². The summed E-state index contributed by atoms with van der Waals surface area (Å²) in [6.07, 6.45) is 0. The average Bonchev–Trinajstić information content (AvgIpc) is 2.57. The Morgan fingerprint density at radius 2 is 1.56 bits per heavy atom. The maximum Gasteiger partial charge on any atom is 0.157 e. The van der Waals surface area contributed by atoms with Gasteiger partial charge in [-0.1, -0.05) is 57.3 Å². The Kier molecular flexibility index (Phi) is 5.74. The highest BCUT2D eigenvalue weighted by atomic mass is 79.9. The minimum atomic E-state index is -0.0122. The highest BCUT2D eigenvalue weighted by Gasteiger charge is 2.11. The lowest BCUT2D eigenvalue weighted by Gasteiger charge is -2.13. The highest BCUT2D eigenvalue weighted by Crippen LogP contribution is 2.37. The van der Waals surface area contributed by atoms with Gasteiger partial charge in [-0.15, -0.1) is 0 Å². The fourth-order valence-corrected chi connectivity index (χ4v) is 3.13. The number of hydrogen-bond acceptors (Lipinski definition) is 3. The lowest BCUT2D eigenvalue weighted by Crippen LogP contribution is -1.98. The van der Waals surface area contributed by atoms with Gasteiger partial charge in [0.15, 0.2) is 5.75 Å². The number of para-hydroxylation sites is 1. The van der Waals surface area contributed by atoms with Crippen LogP contribution < -0.4 is 9.47 Å². The van der Waals surface area contributed by atoms with Gasteiger partial charge in [0.05, 0.1) is 10.0 Å². The van der Waals surface area contributed by atoms with Gasteiger partial charge in [-0.2, -0.15) is 0 Å². The van der Waals surface area contributed by atoms with Crippen LogP contribution in [0.1, 0.15) is 5.56 Å². The van der Waals surface area contributed by atoms with E-state index in [0.29, 0.717) is 11.5 Å². The quantitative estimate of drug-likeness (QED) is 0.473. The molecule has 0 aliphatic carbocycles. The monoisotopic (exact) mass is 438 g/mol. The van der Waals surface area contributed by atoms with Gasteiger partial charge in [0.1, 0.15) is 23.9 Å². The maximum atomic E-state index is 9.48. The second-order valence-corrected chi connectivity index (χ2v) is 6.86. The van der Waals surface area contributed by atoms with Gasteiger partial charge in [0, 0.05) is 22.2 Å². The van der Waals surface area contributed by atoms with E-state index in [9.17, 15) is 5.11 Å². The van der Waals surface area contributed by atoms with E-state index in [1.807, 2.05) is 48.5 Å². The molecule has 0 radical (unpaired) electrons. The van der Waals surface area contributed by atoms with Crippen LogP contribution in [0.2, 0.25) is 10.0 Å². The van der Waals surface area contributed by atoms with Crippen LogP contribution in [0.15, 0.2) is 65.1 Å². The molecule has 25 heavy (non-hydrogen) atoms. The van der Waals surface area contributed by atoms with E-state index in [2.05, 4.69) is 15.9 Å². The number of phenolic OH excluding ortho intramolecular Hbond substituents is 1. The molecule has 0 aliphatic heterocycles. The summed E-state index contributed by atoms with van der Waals surface area (Å²) in [4.78, 5) is 0. The van der Waals surface area contributed by atoms with Gasteiger partial charge in [-0.25, -0.2) is 0 Å². The SMILES string of the molecule is Oc1cc(Cl)c(OCc2cc(Oc3ccccc3)ccc2Br)c(Cl)c1. The Hall–Kier alpha value is -1.88. The lowest BCUT2D eigenvalue weighted by molar-refractivity contribution is 0.304. The third kappa shape index (κ3) is 4.60. The van der Waals surface area contributed by atoms with E-state index in [1.54, 1.807) is 0 Å². The van der Waals surface area contributed by atoms with E-state index >= 15 is 0 Å². The van der Waals surface area contributed by atoms with Gasteiger partial charge in [-0.05, 0) is 30.3 Å². The summed E-state index contributed by atoms with van der Waals surface area (Å²) >= 11 is 15.6. The molecule has 1 N–H and O–H groups in total. The van der Waals surface area contributed by atoms with E-state index in [4.69, 9.17) is 32.7 Å². The lowest BCUT2D eigenvalue weighted by atomic mass is 10.2. The zero-order valence-electron chi connectivity index (χ0n) is 12.9. The van der Waals surface area contributed by atoms with E-state index in [-0.39, 0.29) is 22.4 Å². The van der Waals surface area contributed by atoms with Crippen molar-refractivity contribution in [1.29, 1.82) is 0 Å². The molecular formula is C19H13BrCl2O3. The number of hydrogen-bond donors (Lipinski definition) is 1. The number of ether oxygens (including phenoxy) is 2. The molecule has 0 heterocycles. The van der Waals surface area contributed by atoms with Gasteiger partial charge in [-0.3, -0.25) is 0 Å². The van der Waals surface area contributed by atoms with Crippen molar-refractivity contribution in [2.45, 2.75) is 6.61 Å². The summed E-state index contributed by atoms with van der Waals surface area (Å²) in [7, 11) is 0. The second-order valence-electron chi connectivity index (χ2n) is 5.20. The first kappa shape index (κ1) is 17.9. The summed E-state index contributed by atoms with van der Waals surface area (Å²) in [5.74, 6) is 1.75. The molecule has 3 nitrogen and oxygen atoms in total. The third-order valence-corrected chi connectivity index (χ3v) is 4.69.